The Balaban J connectivity index is 2.10. The molecule has 0 aliphatic carbocycles. The number of nitrogens with zero attached hydrogens (tertiary/aromatic N) is 3. The van der Waals surface area contributed by atoms with Gasteiger partial charge in [-0.15, -0.1) is 5.10 Å². The van der Waals surface area contributed by atoms with Gasteiger partial charge < -0.3 is 10.7 Å². The molecular formula is C9H14N6O2S. The third-order valence-corrected chi connectivity index (χ3v) is 3.38. The van der Waals surface area contributed by atoms with Crippen molar-refractivity contribution in [3.05, 3.63) is 5.69 Å². The highest BCUT2D eigenvalue weighted by atomic mass is 32.1. The lowest BCUT2D eigenvalue weighted by Crippen LogP contribution is -2.31. The van der Waals surface area contributed by atoms with Crippen LogP contribution in [-0.4, -0.2) is 32.5 Å². The molecule has 0 bridgehead atoms. The van der Waals surface area contributed by atoms with E-state index >= 15 is 0 Å². The molecule has 0 saturated carbocycles. The van der Waals surface area contributed by atoms with Crippen LogP contribution in [-0.2, 0) is 11.3 Å². The minimum absolute atomic E-state index is 0.0842. The van der Waals surface area contributed by atoms with Crippen molar-refractivity contribution in [3.8, 4) is 0 Å². The summed E-state index contributed by atoms with van der Waals surface area (Å²) in [5, 5.41) is 7.04. The molecule has 1 saturated heterocycles. The monoisotopic (exact) mass is 270 g/mol. The zero-order valence-electron chi connectivity index (χ0n) is 9.84. The summed E-state index contributed by atoms with van der Waals surface area (Å²) in [5.74, 6) is 5.07. The third-order valence-electron chi connectivity index (χ3n) is 2.68. The molecule has 0 radical (unpaired) electrons. The minimum atomic E-state index is -0.427. The van der Waals surface area contributed by atoms with E-state index in [-0.39, 0.29) is 12.5 Å². The Bertz CT molecular complexity index is 462. The van der Waals surface area contributed by atoms with Gasteiger partial charge in [0.25, 0.3) is 5.91 Å². The first kappa shape index (κ1) is 12.7. The van der Waals surface area contributed by atoms with Gasteiger partial charge in [0.15, 0.2) is 0 Å². The Labute approximate surface area is 108 Å². The Morgan fingerprint density at radius 3 is 3.00 bits per heavy atom. The summed E-state index contributed by atoms with van der Waals surface area (Å²) < 4.78 is 3.72. The summed E-state index contributed by atoms with van der Waals surface area (Å²) >= 11 is 1.08. The van der Waals surface area contributed by atoms with E-state index < -0.39 is 12.1 Å². The number of nitrogen functional groups attached to an aromatic ring is 1. The molecule has 9 heteroatoms. The van der Waals surface area contributed by atoms with Crippen molar-refractivity contribution in [1.82, 2.24) is 19.8 Å². The number of anilines is 1. The molecule has 3 amide bonds. The number of carbonyl (C=O) groups is 2. The molecule has 1 fully saturated rings. The highest BCUT2D eigenvalue weighted by molar-refractivity contribution is 7.10. The molecule has 1 unspecified atom stereocenters. The smallest absolute Gasteiger partial charge is 0.325 e. The van der Waals surface area contributed by atoms with Crippen molar-refractivity contribution in [1.29, 1.82) is 0 Å². The number of carbonyl (C=O) groups excluding carboxylic acids is 2. The predicted octanol–water partition coefficient (Wildman–Crippen LogP) is 0.0442. The largest absolute Gasteiger partial charge is 0.326 e. The van der Waals surface area contributed by atoms with Crippen molar-refractivity contribution < 1.29 is 9.59 Å². The molecular weight excluding hydrogens is 256 g/mol. The second kappa shape index (κ2) is 5.27. The molecule has 1 atom stereocenters. The second-order valence-corrected chi connectivity index (χ2v) is 4.66. The van der Waals surface area contributed by atoms with Crippen LogP contribution in [0.5, 0.6) is 0 Å². The van der Waals surface area contributed by atoms with Crippen molar-refractivity contribution in [3.63, 3.8) is 0 Å². The maximum Gasteiger partial charge on any atom is 0.325 e. The number of hydrazine groups is 1. The number of rotatable bonds is 5. The third kappa shape index (κ3) is 2.27. The molecule has 8 nitrogen and oxygen atoms in total. The fraction of sp³-hybridized carbons (Fsp3) is 0.556. The molecule has 18 heavy (non-hydrogen) atoms. The van der Waals surface area contributed by atoms with Crippen LogP contribution in [0.4, 0.5) is 9.80 Å². The van der Waals surface area contributed by atoms with Crippen molar-refractivity contribution in [2.75, 3.05) is 5.43 Å². The van der Waals surface area contributed by atoms with Crippen molar-refractivity contribution >= 4 is 28.5 Å². The van der Waals surface area contributed by atoms with Crippen molar-refractivity contribution in [2.24, 2.45) is 5.84 Å². The molecule has 2 heterocycles. The summed E-state index contributed by atoms with van der Waals surface area (Å²) in [6.45, 7) is 2.05. The summed E-state index contributed by atoms with van der Waals surface area (Å²) in [6.07, 6.45) is 1.47. The van der Waals surface area contributed by atoms with Crippen LogP contribution >= 0.6 is 11.5 Å². The Morgan fingerprint density at radius 2 is 2.33 bits per heavy atom. The van der Waals surface area contributed by atoms with Crippen LogP contribution < -0.4 is 16.6 Å². The summed E-state index contributed by atoms with van der Waals surface area (Å²) in [4.78, 5) is 24.8. The van der Waals surface area contributed by atoms with E-state index in [0.717, 1.165) is 22.9 Å². The number of hydrogen-bond donors (Lipinski definition) is 3. The lowest BCUT2D eigenvalue weighted by molar-refractivity contribution is -0.128. The van der Waals surface area contributed by atoms with Gasteiger partial charge in [-0.05, 0) is 6.42 Å². The molecule has 1 aromatic heterocycles. The molecule has 4 N–H and O–H groups in total. The van der Waals surface area contributed by atoms with Crippen molar-refractivity contribution in [2.45, 2.75) is 32.4 Å². The van der Waals surface area contributed by atoms with Gasteiger partial charge >= 0.3 is 6.03 Å². The van der Waals surface area contributed by atoms with Gasteiger partial charge in [-0.25, -0.2) is 10.6 Å². The van der Waals surface area contributed by atoms with Crippen LogP contribution in [0, 0.1) is 0 Å². The first-order valence-electron chi connectivity index (χ1n) is 5.57. The van der Waals surface area contributed by atoms with Gasteiger partial charge in [-0.2, -0.15) is 0 Å². The standard InChI is InChI=1S/C9H14N6O2S/c1-2-3-5-8(16)15(9(17)11-5)4-6-7(12-10)18-14-13-6/h5,12H,2-4,10H2,1H3,(H,11,17). The highest BCUT2D eigenvalue weighted by Gasteiger charge is 2.37. The Kier molecular flexibility index (Phi) is 3.72. The van der Waals surface area contributed by atoms with Gasteiger partial charge in [0, 0.05) is 11.5 Å². The lowest BCUT2D eigenvalue weighted by atomic mass is 10.2. The van der Waals surface area contributed by atoms with E-state index in [1.54, 1.807) is 0 Å². The normalized spacial score (nSPS) is 19.2. The second-order valence-electron chi connectivity index (χ2n) is 3.91. The highest BCUT2D eigenvalue weighted by Crippen LogP contribution is 2.20. The SMILES string of the molecule is CCCC1NC(=O)N(Cc2nnsc2NN)C1=O. The van der Waals surface area contributed by atoms with Crippen LogP contribution in [0.25, 0.3) is 0 Å². The van der Waals surface area contributed by atoms with Gasteiger partial charge in [-0.1, -0.05) is 17.8 Å². The molecule has 2 rings (SSSR count). The number of aromatic nitrogens is 2. The summed E-state index contributed by atoms with van der Waals surface area (Å²) in [5.41, 5.74) is 2.93. The fourth-order valence-corrected chi connectivity index (χ4v) is 2.27. The van der Waals surface area contributed by atoms with E-state index in [1.807, 2.05) is 6.92 Å². The van der Waals surface area contributed by atoms with Gasteiger partial charge in [0.1, 0.15) is 16.7 Å². The van der Waals surface area contributed by atoms with Crippen LogP contribution in [0.2, 0.25) is 0 Å². The fourth-order valence-electron chi connectivity index (χ4n) is 1.78. The number of urea groups is 1. The Morgan fingerprint density at radius 1 is 1.56 bits per heavy atom. The topological polar surface area (TPSA) is 113 Å². The zero-order chi connectivity index (χ0) is 13.1. The van der Waals surface area contributed by atoms with E-state index in [1.165, 1.54) is 0 Å². The van der Waals surface area contributed by atoms with Gasteiger partial charge in [0.05, 0.1) is 6.54 Å². The number of amides is 3. The van der Waals surface area contributed by atoms with Crippen LogP contribution in [0.15, 0.2) is 0 Å². The molecule has 0 spiro atoms. The Hall–Kier alpha value is -1.74. The van der Waals surface area contributed by atoms with E-state index in [4.69, 9.17) is 5.84 Å². The lowest BCUT2D eigenvalue weighted by Gasteiger charge is -2.11. The number of imide groups is 1. The van der Waals surface area contributed by atoms with E-state index in [0.29, 0.717) is 17.1 Å². The summed E-state index contributed by atoms with van der Waals surface area (Å²) in [7, 11) is 0. The number of nitrogens with two attached hydrogens (primary N) is 1. The maximum absolute atomic E-state index is 12.0. The molecule has 1 aliphatic rings. The zero-order valence-corrected chi connectivity index (χ0v) is 10.7. The van der Waals surface area contributed by atoms with E-state index in [9.17, 15) is 9.59 Å². The average molecular weight is 270 g/mol. The minimum Gasteiger partial charge on any atom is -0.326 e. The average Bonchev–Trinajstić information content (AvgIpc) is 2.90. The summed E-state index contributed by atoms with van der Waals surface area (Å²) in [6, 6.07) is -0.821. The van der Waals surface area contributed by atoms with Crippen LogP contribution in [0.3, 0.4) is 0 Å². The number of nitrogens with one attached hydrogen (secondary N) is 2. The first-order valence-corrected chi connectivity index (χ1v) is 6.34. The maximum atomic E-state index is 12.0. The molecule has 1 aromatic rings. The first-order chi connectivity index (χ1) is 8.67. The van der Waals surface area contributed by atoms with E-state index in [2.05, 4.69) is 20.3 Å². The molecule has 0 aromatic carbocycles. The number of hydrogen-bond acceptors (Lipinski definition) is 7. The molecule has 1 aliphatic heterocycles. The molecule has 98 valence electrons. The van der Waals surface area contributed by atoms with Gasteiger partial charge in [0.2, 0.25) is 0 Å². The van der Waals surface area contributed by atoms with Gasteiger partial charge in [-0.3, -0.25) is 9.69 Å². The van der Waals surface area contributed by atoms with Crippen LogP contribution in [0.1, 0.15) is 25.5 Å². The predicted molar refractivity (Wildman–Crippen MR) is 65.5 cm³/mol. The quantitative estimate of drug-likeness (QED) is 0.395.